The molecule has 0 heterocycles. The van der Waals surface area contributed by atoms with Gasteiger partial charge in [0.05, 0.1) is 11.6 Å². The molecule has 3 nitrogen and oxygen atoms in total. The third kappa shape index (κ3) is 4.37. The van der Waals surface area contributed by atoms with Crippen molar-refractivity contribution >= 4 is 28.3 Å². The van der Waals surface area contributed by atoms with Crippen LogP contribution in [0.2, 0.25) is 0 Å². The van der Waals surface area contributed by atoms with Gasteiger partial charge in [-0.3, -0.25) is 0 Å². The number of hydrogen-bond donors (Lipinski definition) is 2. The first kappa shape index (κ1) is 16.6. The fraction of sp³-hybridized carbons (Fsp3) is 0.500. The summed E-state index contributed by atoms with van der Waals surface area (Å²) in [6.07, 6.45) is 0.903. The van der Waals surface area contributed by atoms with Crippen molar-refractivity contribution in [2.24, 2.45) is 11.7 Å². The van der Waals surface area contributed by atoms with Gasteiger partial charge in [0, 0.05) is 6.04 Å². The number of rotatable bonds is 4. The summed E-state index contributed by atoms with van der Waals surface area (Å²) >= 11 is 3.29. The highest BCUT2D eigenvalue weighted by Crippen LogP contribution is 2.37. The van der Waals surface area contributed by atoms with Gasteiger partial charge in [-0.15, -0.1) is 12.4 Å². The summed E-state index contributed by atoms with van der Waals surface area (Å²) in [7, 11) is 1.53. The number of halogens is 2. The van der Waals surface area contributed by atoms with E-state index in [1.165, 1.54) is 7.11 Å². The molecule has 3 N–H and O–H groups in total. The lowest BCUT2D eigenvalue weighted by molar-refractivity contribution is 0.370. The van der Waals surface area contributed by atoms with Gasteiger partial charge in [-0.25, -0.2) is 0 Å². The Balaban J connectivity index is 0.00000256. The first-order chi connectivity index (χ1) is 7.45. The summed E-state index contributed by atoms with van der Waals surface area (Å²) in [4.78, 5) is 0. The number of nitrogens with two attached hydrogens (primary N) is 1. The van der Waals surface area contributed by atoms with E-state index < -0.39 is 0 Å². The highest BCUT2D eigenvalue weighted by Gasteiger charge is 2.14. The molecule has 0 radical (unpaired) electrons. The van der Waals surface area contributed by atoms with Crippen molar-refractivity contribution in [3.8, 4) is 11.5 Å². The Hall–Kier alpha value is -0.450. The molecule has 0 aromatic heterocycles. The number of benzene rings is 1. The lowest BCUT2D eigenvalue weighted by atomic mass is 9.97. The molecular weight excluding hydrogens is 305 g/mol. The van der Waals surface area contributed by atoms with Crippen LogP contribution in [0.15, 0.2) is 16.6 Å². The smallest absolute Gasteiger partial charge is 0.172 e. The fourth-order valence-corrected chi connectivity index (χ4v) is 2.07. The molecule has 0 fully saturated rings. The monoisotopic (exact) mass is 323 g/mol. The largest absolute Gasteiger partial charge is 0.503 e. The van der Waals surface area contributed by atoms with Crippen LogP contribution in [0.4, 0.5) is 0 Å². The van der Waals surface area contributed by atoms with Gasteiger partial charge in [-0.05, 0) is 46.0 Å². The predicted octanol–water partition coefficient (Wildman–Crippen LogP) is 3.63. The number of phenolic OH excluding ortho intramolecular Hbond substituents is 1. The zero-order chi connectivity index (χ0) is 12.3. The second-order valence-corrected chi connectivity index (χ2v) is 5.14. The predicted molar refractivity (Wildman–Crippen MR) is 76.0 cm³/mol. The molecule has 0 spiro atoms. The van der Waals surface area contributed by atoms with E-state index in [-0.39, 0.29) is 24.2 Å². The quantitative estimate of drug-likeness (QED) is 0.889. The zero-order valence-corrected chi connectivity index (χ0v) is 12.6. The van der Waals surface area contributed by atoms with Crippen molar-refractivity contribution in [1.82, 2.24) is 0 Å². The SMILES string of the molecule is COc1cc([C@H](N)CC(C)C)cc(Br)c1O.Cl. The van der Waals surface area contributed by atoms with Gasteiger partial charge in [0.25, 0.3) is 0 Å². The van der Waals surface area contributed by atoms with Crippen molar-refractivity contribution in [3.63, 3.8) is 0 Å². The van der Waals surface area contributed by atoms with Crippen LogP contribution in [0.25, 0.3) is 0 Å². The third-order valence-electron chi connectivity index (χ3n) is 2.42. The molecule has 0 aliphatic carbocycles. The van der Waals surface area contributed by atoms with Gasteiger partial charge < -0.3 is 15.6 Å². The minimum atomic E-state index is -0.0363. The molecule has 1 atom stereocenters. The van der Waals surface area contributed by atoms with E-state index >= 15 is 0 Å². The minimum Gasteiger partial charge on any atom is -0.503 e. The van der Waals surface area contributed by atoms with Crippen molar-refractivity contribution in [3.05, 3.63) is 22.2 Å². The average Bonchev–Trinajstić information content (AvgIpc) is 2.20. The van der Waals surface area contributed by atoms with E-state index in [9.17, 15) is 5.11 Å². The summed E-state index contributed by atoms with van der Waals surface area (Å²) in [6, 6.07) is 3.59. The zero-order valence-electron chi connectivity index (χ0n) is 10.2. The Morgan fingerprint density at radius 3 is 2.47 bits per heavy atom. The summed E-state index contributed by atoms with van der Waals surface area (Å²) in [5.74, 6) is 1.10. The van der Waals surface area contributed by atoms with Crippen molar-refractivity contribution in [2.45, 2.75) is 26.3 Å². The van der Waals surface area contributed by atoms with Crippen molar-refractivity contribution in [1.29, 1.82) is 0 Å². The van der Waals surface area contributed by atoms with Crippen molar-refractivity contribution < 1.29 is 9.84 Å². The van der Waals surface area contributed by atoms with Crippen LogP contribution in [-0.4, -0.2) is 12.2 Å². The summed E-state index contributed by atoms with van der Waals surface area (Å²) in [6.45, 7) is 4.26. The first-order valence-corrected chi connectivity index (χ1v) is 6.07. The van der Waals surface area contributed by atoms with Crippen LogP contribution in [0.5, 0.6) is 11.5 Å². The molecule has 1 aromatic carbocycles. The minimum absolute atomic E-state index is 0. The molecule has 0 unspecified atom stereocenters. The van der Waals surface area contributed by atoms with E-state index in [4.69, 9.17) is 10.5 Å². The standard InChI is InChI=1S/C12H18BrNO2.ClH/c1-7(2)4-10(14)8-5-9(13)12(15)11(6-8)16-3;/h5-7,10,15H,4,14H2,1-3H3;1H/t10-;/m1./s1. The Morgan fingerprint density at radius 2 is 2.00 bits per heavy atom. The van der Waals surface area contributed by atoms with E-state index in [2.05, 4.69) is 29.8 Å². The maximum Gasteiger partial charge on any atom is 0.172 e. The van der Waals surface area contributed by atoms with Gasteiger partial charge in [0.1, 0.15) is 0 Å². The molecule has 0 saturated carbocycles. The second-order valence-electron chi connectivity index (χ2n) is 4.29. The Labute approximate surface area is 117 Å². The number of ether oxygens (including phenoxy) is 1. The maximum absolute atomic E-state index is 9.67. The molecule has 0 aliphatic rings. The highest BCUT2D eigenvalue weighted by atomic mass is 79.9. The number of phenols is 1. The fourth-order valence-electron chi connectivity index (χ4n) is 1.61. The molecule has 98 valence electrons. The summed E-state index contributed by atoms with van der Waals surface area (Å²) in [5, 5.41) is 9.67. The Kier molecular flexibility index (Phi) is 6.90. The van der Waals surface area contributed by atoms with Crippen LogP contribution in [0, 0.1) is 5.92 Å². The second kappa shape index (κ2) is 7.09. The molecule has 1 aromatic rings. The van der Waals surface area contributed by atoms with Crippen LogP contribution in [0.3, 0.4) is 0 Å². The third-order valence-corrected chi connectivity index (χ3v) is 3.03. The van der Waals surface area contributed by atoms with Gasteiger partial charge in [-0.2, -0.15) is 0 Å². The maximum atomic E-state index is 9.67. The average molecular weight is 325 g/mol. The molecule has 5 heteroatoms. The highest BCUT2D eigenvalue weighted by molar-refractivity contribution is 9.10. The normalized spacial score (nSPS) is 12.1. The summed E-state index contributed by atoms with van der Waals surface area (Å²) < 4.78 is 5.70. The van der Waals surface area contributed by atoms with Crippen LogP contribution >= 0.6 is 28.3 Å². The van der Waals surface area contributed by atoms with E-state index in [1.54, 1.807) is 6.07 Å². The molecule has 0 amide bonds. The number of hydrogen-bond acceptors (Lipinski definition) is 3. The Bertz CT molecular complexity index is 372. The molecule has 0 saturated heterocycles. The van der Waals surface area contributed by atoms with E-state index in [0.29, 0.717) is 16.1 Å². The molecule has 17 heavy (non-hydrogen) atoms. The van der Waals surface area contributed by atoms with Gasteiger partial charge >= 0.3 is 0 Å². The van der Waals surface area contributed by atoms with Gasteiger partial charge in [0.2, 0.25) is 0 Å². The Morgan fingerprint density at radius 1 is 1.41 bits per heavy atom. The lowest BCUT2D eigenvalue weighted by Gasteiger charge is -2.16. The molecule has 1 rings (SSSR count). The first-order valence-electron chi connectivity index (χ1n) is 5.27. The van der Waals surface area contributed by atoms with Crippen molar-refractivity contribution in [2.75, 3.05) is 7.11 Å². The molecule has 0 bridgehead atoms. The summed E-state index contributed by atoms with van der Waals surface area (Å²) in [5.41, 5.74) is 7.05. The number of aromatic hydroxyl groups is 1. The van der Waals surface area contributed by atoms with Gasteiger partial charge in [-0.1, -0.05) is 13.8 Å². The molecular formula is C12H19BrClNO2. The molecule has 0 aliphatic heterocycles. The van der Waals surface area contributed by atoms with Crippen LogP contribution in [-0.2, 0) is 0 Å². The van der Waals surface area contributed by atoms with E-state index in [1.807, 2.05) is 6.07 Å². The van der Waals surface area contributed by atoms with E-state index in [0.717, 1.165) is 12.0 Å². The number of methoxy groups -OCH3 is 1. The van der Waals surface area contributed by atoms with Crippen LogP contribution in [0.1, 0.15) is 31.9 Å². The van der Waals surface area contributed by atoms with Gasteiger partial charge in [0.15, 0.2) is 11.5 Å². The lowest BCUT2D eigenvalue weighted by Crippen LogP contribution is -2.13. The topological polar surface area (TPSA) is 55.5 Å². The van der Waals surface area contributed by atoms with Crippen LogP contribution < -0.4 is 10.5 Å².